The Bertz CT molecular complexity index is 548. The Morgan fingerprint density at radius 2 is 1.94 bits per heavy atom. The lowest BCUT2D eigenvalue weighted by atomic mass is 9.90. The van der Waals surface area contributed by atoms with Crippen molar-refractivity contribution in [2.24, 2.45) is 5.73 Å². The predicted octanol–water partition coefficient (Wildman–Crippen LogP) is 2.12. The van der Waals surface area contributed by atoms with Crippen LogP contribution in [0.15, 0.2) is 22.6 Å². The van der Waals surface area contributed by atoms with Crippen LogP contribution < -0.4 is 5.73 Å². The molecule has 1 aliphatic rings. The lowest BCUT2D eigenvalue weighted by Crippen LogP contribution is -2.02. The Kier molecular flexibility index (Phi) is 3.11. The fourth-order valence-electron chi connectivity index (χ4n) is 2.46. The van der Waals surface area contributed by atoms with Crippen molar-refractivity contribution in [2.75, 3.05) is 6.54 Å². The SMILES string of the molecule is NCCc1nnc(-c2ccc3c(c2)CCCC3)o1. The highest BCUT2D eigenvalue weighted by atomic mass is 16.4. The minimum atomic E-state index is 0.534. The van der Waals surface area contributed by atoms with E-state index in [0.717, 1.165) is 12.0 Å². The Morgan fingerprint density at radius 3 is 2.78 bits per heavy atom. The fraction of sp³-hybridized carbons (Fsp3) is 0.429. The zero-order valence-electron chi connectivity index (χ0n) is 10.4. The van der Waals surface area contributed by atoms with E-state index in [0.29, 0.717) is 24.7 Å². The van der Waals surface area contributed by atoms with E-state index in [1.54, 1.807) is 0 Å². The van der Waals surface area contributed by atoms with Gasteiger partial charge in [-0.1, -0.05) is 6.07 Å². The molecule has 1 aliphatic carbocycles. The van der Waals surface area contributed by atoms with Crippen LogP contribution >= 0.6 is 0 Å². The van der Waals surface area contributed by atoms with Gasteiger partial charge in [-0.15, -0.1) is 10.2 Å². The maximum Gasteiger partial charge on any atom is 0.247 e. The first-order chi connectivity index (χ1) is 8.86. The van der Waals surface area contributed by atoms with Crippen LogP contribution in [0.2, 0.25) is 0 Å². The molecular formula is C14H17N3O. The first-order valence-corrected chi connectivity index (χ1v) is 6.51. The first-order valence-electron chi connectivity index (χ1n) is 6.51. The Morgan fingerprint density at radius 1 is 1.11 bits per heavy atom. The van der Waals surface area contributed by atoms with Gasteiger partial charge in [0.1, 0.15) is 0 Å². The smallest absolute Gasteiger partial charge is 0.247 e. The second kappa shape index (κ2) is 4.90. The monoisotopic (exact) mass is 243 g/mol. The number of nitrogens with two attached hydrogens (primary N) is 1. The van der Waals surface area contributed by atoms with Crippen LogP contribution in [0.1, 0.15) is 29.9 Å². The molecule has 0 amide bonds. The van der Waals surface area contributed by atoms with Gasteiger partial charge >= 0.3 is 0 Å². The number of rotatable bonds is 3. The van der Waals surface area contributed by atoms with E-state index in [1.165, 1.54) is 30.4 Å². The van der Waals surface area contributed by atoms with Crippen molar-refractivity contribution in [1.29, 1.82) is 0 Å². The highest BCUT2D eigenvalue weighted by Gasteiger charge is 2.13. The molecule has 18 heavy (non-hydrogen) atoms. The molecule has 4 heteroatoms. The quantitative estimate of drug-likeness (QED) is 0.896. The average molecular weight is 243 g/mol. The summed E-state index contributed by atoms with van der Waals surface area (Å²) in [6, 6.07) is 6.45. The summed E-state index contributed by atoms with van der Waals surface area (Å²) in [6.07, 6.45) is 5.56. The van der Waals surface area contributed by atoms with Gasteiger partial charge in [0.15, 0.2) is 0 Å². The van der Waals surface area contributed by atoms with Crippen LogP contribution in [0.4, 0.5) is 0 Å². The van der Waals surface area contributed by atoms with E-state index in [9.17, 15) is 0 Å². The number of benzene rings is 1. The van der Waals surface area contributed by atoms with Crippen LogP contribution in [0, 0.1) is 0 Å². The molecule has 0 fully saturated rings. The lowest BCUT2D eigenvalue weighted by Gasteiger charge is -2.15. The molecule has 0 saturated carbocycles. The largest absolute Gasteiger partial charge is 0.421 e. The van der Waals surface area contributed by atoms with Crippen LogP contribution in [0.3, 0.4) is 0 Å². The van der Waals surface area contributed by atoms with Gasteiger partial charge in [0.2, 0.25) is 11.8 Å². The Labute approximate surface area is 106 Å². The molecule has 1 aromatic carbocycles. The molecule has 4 nitrogen and oxygen atoms in total. The summed E-state index contributed by atoms with van der Waals surface area (Å²) in [4.78, 5) is 0. The number of hydrogen-bond donors (Lipinski definition) is 1. The molecular weight excluding hydrogens is 226 g/mol. The molecule has 94 valence electrons. The van der Waals surface area contributed by atoms with Crippen molar-refractivity contribution in [3.63, 3.8) is 0 Å². The molecule has 2 N–H and O–H groups in total. The first kappa shape index (κ1) is 11.4. The van der Waals surface area contributed by atoms with Gasteiger partial charge in [-0.2, -0.15) is 0 Å². The number of nitrogens with zero attached hydrogens (tertiary/aromatic N) is 2. The lowest BCUT2D eigenvalue weighted by molar-refractivity contribution is 0.507. The number of aryl methyl sites for hydroxylation is 2. The van der Waals surface area contributed by atoms with Gasteiger partial charge < -0.3 is 10.2 Å². The summed E-state index contributed by atoms with van der Waals surface area (Å²) in [5.74, 6) is 1.22. The summed E-state index contributed by atoms with van der Waals surface area (Å²) in [7, 11) is 0. The summed E-state index contributed by atoms with van der Waals surface area (Å²) in [5, 5.41) is 8.08. The predicted molar refractivity (Wildman–Crippen MR) is 69.1 cm³/mol. The Hall–Kier alpha value is -1.68. The van der Waals surface area contributed by atoms with Crippen LogP contribution in [0.25, 0.3) is 11.5 Å². The molecule has 1 heterocycles. The van der Waals surface area contributed by atoms with Crippen molar-refractivity contribution in [1.82, 2.24) is 10.2 Å². The third kappa shape index (κ3) is 2.16. The van der Waals surface area contributed by atoms with Gasteiger partial charge in [-0.25, -0.2) is 0 Å². The highest BCUT2D eigenvalue weighted by Crippen LogP contribution is 2.26. The zero-order chi connectivity index (χ0) is 12.4. The molecule has 1 aromatic heterocycles. The molecule has 3 rings (SSSR count). The van der Waals surface area contributed by atoms with Crippen LogP contribution in [0.5, 0.6) is 0 Å². The molecule has 0 atom stereocenters. The minimum Gasteiger partial charge on any atom is -0.421 e. The molecule has 0 unspecified atom stereocenters. The summed E-state index contributed by atoms with van der Waals surface area (Å²) < 4.78 is 5.60. The van der Waals surface area contributed by atoms with Crippen molar-refractivity contribution in [3.8, 4) is 11.5 Å². The van der Waals surface area contributed by atoms with Gasteiger partial charge in [0.05, 0.1) is 0 Å². The second-order valence-corrected chi connectivity index (χ2v) is 4.73. The van der Waals surface area contributed by atoms with Gasteiger partial charge in [0, 0.05) is 18.5 Å². The van der Waals surface area contributed by atoms with E-state index in [4.69, 9.17) is 10.2 Å². The van der Waals surface area contributed by atoms with E-state index in [2.05, 4.69) is 28.4 Å². The minimum absolute atomic E-state index is 0.534. The number of aromatic nitrogens is 2. The molecule has 0 radical (unpaired) electrons. The topological polar surface area (TPSA) is 64.9 Å². The van der Waals surface area contributed by atoms with Crippen LogP contribution in [-0.4, -0.2) is 16.7 Å². The third-order valence-electron chi connectivity index (χ3n) is 3.42. The zero-order valence-corrected chi connectivity index (χ0v) is 10.4. The fourth-order valence-corrected chi connectivity index (χ4v) is 2.46. The molecule has 2 aromatic rings. The van der Waals surface area contributed by atoms with E-state index < -0.39 is 0 Å². The van der Waals surface area contributed by atoms with Crippen molar-refractivity contribution < 1.29 is 4.42 Å². The Balaban J connectivity index is 1.91. The average Bonchev–Trinajstić information content (AvgIpc) is 2.87. The van der Waals surface area contributed by atoms with Crippen molar-refractivity contribution in [2.45, 2.75) is 32.1 Å². The second-order valence-electron chi connectivity index (χ2n) is 4.73. The van der Waals surface area contributed by atoms with E-state index >= 15 is 0 Å². The van der Waals surface area contributed by atoms with Crippen LogP contribution in [-0.2, 0) is 19.3 Å². The molecule has 0 saturated heterocycles. The van der Waals surface area contributed by atoms with E-state index in [1.807, 2.05) is 0 Å². The highest BCUT2D eigenvalue weighted by molar-refractivity contribution is 5.55. The van der Waals surface area contributed by atoms with Gasteiger partial charge in [-0.3, -0.25) is 0 Å². The van der Waals surface area contributed by atoms with Gasteiger partial charge in [0.25, 0.3) is 0 Å². The standard InChI is InChI=1S/C14H17N3O/c15-8-7-13-16-17-14(18-13)12-6-5-10-3-1-2-4-11(10)9-12/h5-6,9H,1-4,7-8,15H2. The summed E-state index contributed by atoms with van der Waals surface area (Å²) in [5.41, 5.74) is 9.38. The number of fused-ring (bicyclic) bond motifs is 1. The normalized spacial score (nSPS) is 14.5. The maximum absolute atomic E-state index is 5.60. The summed E-state index contributed by atoms with van der Waals surface area (Å²) >= 11 is 0. The molecule has 0 bridgehead atoms. The summed E-state index contributed by atoms with van der Waals surface area (Å²) in [6.45, 7) is 0.534. The van der Waals surface area contributed by atoms with Crippen molar-refractivity contribution >= 4 is 0 Å². The third-order valence-corrected chi connectivity index (χ3v) is 3.42. The molecule has 0 spiro atoms. The maximum atomic E-state index is 5.60. The van der Waals surface area contributed by atoms with Gasteiger partial charge in [-0.05, 0) is 48.9 Å². The number of hydrogen-bond acceptors (Lipinski definition) is 4. The molecule has 0 aliphatic heterocycles. The van der Waals surface area contributed by atoms with E-state index in [-0.39, 0.29) is 0 Å². The van der Waals surface area contributed by atoms with Crippen molar-refractivity contribution in [3.05, 3.63) is 35.2 Å².